The first kappa shape index (κ1) is 27.1. The lowest BCUT2D eigenvalue weighted by molar-refractivity contribution is -0.114. The normalized spacial score (nSPS) is 11.3. The van der Waals surface area contributed by atoms with Crippen LogP contribution in [-0.2, 0) is 22.5 Å². The molecule has 0 atom stereocenters. The van der Waals surface area contributed by atoms with Crippen LogP contribution in [0.5, 0.6) is 5.75 Å². The number of fused-ring (bicyclic) bond motifs is 1. The van der Waals surface area contributed by atoms with Gasteiger partial charge in [-0.3, -0.25) is 14.5 Å². The van der Waals surface area contributed by atoms with Crippen molar-refractivity contribution in [2.75, 3.05) is 25.8 Å². The number of methoxy groups -OCH3 is 1. The van der Waals surface area contributed by atoms with E-state index in [1.807, 2.05) is 66.7 Å². The summed E-state index contributed by atoms with van der Waals surface area (Å²) in [6.07, 6.45) is 5.45. The summed E-state index contributed by atoms with van der Waals surface area (Å²) < 4.78 is 15.7. The van der Waals surface area contributed by atoms with Gasteiger partial charge in [-0.15, -0.1) is 0 Å². The summed E-state index contributed by atoms with van der Waals surface area (Å²) in [6.45, 7) is 3.54. The lowest BCUT2D eigenvalue weighted by Crippen LogP contribution is -2.14. The summed E-state index contributed by atoms with van der Waals surface area (Å²) in [5, 5.41) is 11.2. The number of allylic oxidation sites excluding steroid dienone is 1. The fourth-order valence-corrected chi connectivity index (χ4v) is 4.91. The maximum Gasteiger partial charge on any atom is 0.199 e. The number of carbonyl (C=O) groups excluding carboxylic acids is 1. The van der Waals surface area contributed by atoms with Crippen LogP contribution in [0.3, 0.4) is 0 Å². The van der Waals surface area contributed by atoms with E-state index in [1.54, 1.807) is 24.1 Å². The van der Waals surface area contributed by atoms with Crippen LogP contribution in [0.4, 0.5) is 5.69 Å². The average molecular weight is 554 g/mol. The lowest BCUT2D eigenvalue weighted by atomic mass is 10.1. The molecule has 0 amide bonds. The van der Waals surface area contributed by atoms with Gasteiger partial charge in [0, 0.05) is 28.8 Å². The molecule has 0 radical (unpaired) electrons. The van der Waals surface area contributed by atoms with Crippen molar-refractivity contribution in [1.29, 1.82) is 0 Å². The van der Waals surface area contributed by atoms with Gasteiger partial charge in [-0.25, -0.2) is 0 Å². The summed E-state index contributed by atoms with van der Waals surface area (Å²) in [6, 6.07) is 23.7. The van der Waals surface area contributed by atoms with Gasteiger partial charge in [0.05, 0.1) is 25.8 Å². The lowest BCUT2D eigenvalue weighted by Gasteiger charge is -2.13. The molecule has 3 aromatic carbocycles. The molecule has 40 heavy (non-hydrogen) atoms. The molecule has 0 saturated heterocycles. The molecule has 5 aromatic rings. The number of benzene rings is 3. The zero-order chi connectivity index (χ0) is 27.9. The number of H-pyrrole nitrogens is 1. The number of carbonyl (C=O) groups is 1. The molecule has 204 valence electrons. The third-order valence-corrected chi connectivity index (χ3v) is 7.08. The average Bonchev–Trinajstić information content (AvgIpc) is 3.53. The molecule has 0 aliphatic carbocycles. The van der Waals surface area contributed by atoms with Crippen molar-refractivity contribution >= 4 is 40.7 Å². The summed E-state index contributed by atoms with van der Waals surface area (Å²) >= 11 is 5.26. The summed E-state index contributed by atoms with van der Waals surface area (Å²) in [5.74, 6) is 0.831. The number of aromatic nitrogens is 4. The topological polar surface area (TPSA) is 86.1 Å². The number of anilines is 1. The number of nitrogens with zero attached hydrogens (tertiary/aromatic N) is 3. The minimum Gasteiger partial charge on any atom is -0.497 e. The fourth-order valence-electron chi connectivity index (χ4n) is 4.70. The third kappa shape index (κ3) is 6.22. The molecular formula is C31H31N5O3S. The molecule has 5 rings (SSSR count). The molecule has 0 fully saturated rings. The van der Waals surface area contributed by atoms with Crippen LogP contribution >= 0.6 is 12.2 Å². The van der Waals surface area contributed by atoms with Gasteiger partial charge in [0.25, 0.3) is 0 Å². The zero-order valence-corrected chi connectivity index (χ0v) is 23.3. The number of hydrogen-bond acceptors (Lipinski definition) is 6. The number of hydrogen-bond donors (Lipinski definition) is 2. The van der Waals surface area contributed by atoms with Crippen molar-refractivity contribution in [2.45, 2.75) is 19.9 Å². The van der Waals surface area contributed by atoms with E-state index >= 15 is 0 Å². The number of ketones is 1. The number of nitrogens with one attached hydrogen (secondary N) is 2. The monoisotopic (exact) mass is 553 g/mol. The van der Waals surface area contributed by atoms with Gasteiger partial charge in [0.1, 0.15) is 18.8 Å². The SMILES string of the molecule is COc1ccc(/C=C/C(=O)Cc2c(C)c3ccccc3n2CCOCNc2cccc(-n3cn[nH]c3=S)c2)cc1. The van der Waals surface area contributed by atoms with Crippen LogP contribution in [0.1, 0.15) is 16.8 Å². The predicted octanol–water partition coefficient (Wildman–Crippen LogP) is 6.11. The Balaban J connectivity index is 1.22. The fraction of sp³-hybridized carbons (Fsp3) is 0.194. The largest absolute Gasteiger partial charge is 0.497 e. The second kappa shape index (κ2) is 12.6. The van der Waals surface area contributed by atoms with E-state index in [0.29, 0.717) is 31.1 Å². The van der Waals surface area contributed by atoms with E-state index in [-0.39, 0.29) is 5.78 Å². The Morgan fingerprint density at radius 2 is 1.93 bits per heavy atom. The second-order valence-corrected chi connectivity index (χ2v) is 9.69. The highest BCUT2D eigenvalue weighted by Gasteiger charge is 2.16. The Labute approximate surface area is 237 Å². The number of aryl methyl sites for hydroxylation is 1. The number of rotatable bonds is 12. The molecule has 0 unspecified atom stereocenters. The van der Waals surface area contributed by atoms with Gasteiger partial charge in [-0.1, -0.05) is 42.5 Å². The quantitative estimate of drug-likeness (QED) is 0.0839. The molecular weight excluding hydrogens is 522 g/mol. The van der Waals surface area contributed by atoms with Crippen molar-refractivity contribution < 1.29 is 14.3 Å². The number of para-hydroxylation sites is 1. The highest BCUT2D eigenvalue weighted by molar-refractivity contribution is 7.71. The first-order valence-corrected chi connectivity index (χ1v) is 13.4. The molecule has 2 N–H and O–H groups in total. The van der Waals surface area contributed by atoms with Gasteiger partial charge in [0.15, 0.2) is 10.6 Å². The van der Waals surface area contributed by atoms with Crippen LogP contribution in [0.15, 0.2) is 85.2 Å². The Morgan fingerprint density at radius 3 is 2.70 bits per heavy atom. The first-order chi connectivity index (χ1) is 19.5. The van der Waals surface area contributed by atoms with Crippen molar-refractivity contribution in [3.63, 3.8) is 0 Å². The van der Waals surface area contributed by atoms with E-state index < -0.39 is 0 Å². The van der Waals surface area contributed by atoms with E-state index in [1.165, 1.54) is 0 Å². The summed E-state index contributed by atoms with van der Waals surface area (Å²) in [4.78, 5) is 13.0. The summed E-state index contributed by atoms with van der Waals surface area (Å²) in [5.41, 5.74) is 6.00. The molecule has 2 aromatic heterocycles. The molecule has 8 nitrogen and oxygen atoms in total. The number of aromatic amines is 1. The molecule has 0 aliphatic rings. The van der Waals surface area contributed by atoms with Gasteiger partial charge in [-0.05, 0) is 72.7 Å². The maximum atomic E-state index is 13.0. The van der Waals surface area contributed by atoms with Gasteiger partial charge in [0.2, 0.25) is 0 Å². The smallest absolute Gasteiger partial charge is 0.199 e. The third-order valence-electron chi connectivity index (χ3n) is 6.79. The van der Waals surface area contributed by atoms with Gasteiger partial charge >= 0.3 is 0 Å². The summed E-state index contributed by atoms with van der Waals surface area (Å²) in [7, 11) is 1.64. The van der Waals surface area contributed by atoms with E-state index in [2.05, 4.69) is 39.1 Å². The van der Waals surface area contributed by atoms with Crippen LogP contribution in [0.25, 0.3) is 22.7 Å². The Hall–Kier alpha value is -4.47. The van der Waals surface area contributed by atoms with Crippen LogP contribution < -0.4 is 10.1 Å². The van der Waals surface area contributed by atoms with Gasteiger partial charge in [-0.2, -0.15) is 5.10 Å². The highest BCUT2D eigenvalue weighted by Crippen LogP contribution is 2.26. The first-order valence-electron chi connectivity index (χ1n) is 13.0. The zero-order valence-electron chi connectivity index (χ0n) is 22.5. The second-order valence-electron chi connectivity index (χ2n) is 9.30. The van der Waals surface area contributed by atoms with E-state index in [4.69, 9.17) is 21.7 Å². The Bertz CT molecular complexity index is 1700. The van der Waals surface area contributed by atoms with Crippen LogP contribution in [-0.4, -0.2) is 45.6 Å². The maximum absolute atomic E-state index is 13.0. The van der Waals surface area contributed by atoms with Crippen molar-refractivity contribution in [3.05, 3.63) is 107 Å². The van der Waals surface area contributed by atoms with E-state index in [9.17, 15) is 4.79 Å². The Morgan fingerprint density at radius 1 is 1.10 bits per heavy atom. The number of ether oxygens (including phenoxy) is 2. The van der Waals surface area contributed by atoms with Crippen LogP contribution in [0.2, 0.25) is 0 Å². The van der Waals surface area contributed by atoms with Crippen molar-refractivity contribution in [2.24, 2.45) is 0 Å². The molecule has 0 spiro atoms. The van der Waals surface area contributed by atoms with Crippen molar-refractivity contribution in [1.82, 2.24) is 19.3 Å². The van der Waals surface area contributed by atoms with Crippen molar-refractivity contribution in [3.8, 4) is 11.4 Å². The molecule has 0 aliphatic heterocycles. The van der Waals surface area contributed by atoms with Gasteiger partial charge < -0.3 is 19.4 Å². The van der Waals surface area contributed by atoms with Crippen LogP contribution in [0, 0.1) is 11.7 Å². The highest BCUT2D eigenvalue weighted by atomic mass is 32.1. The minimum absolute atomic E-state index is 0.0446. The molecule has 2 heterocycles. The van der Waals surface area contributed by atoms with E-state index in [0.717, 1.165) is 44.8 Å². The molecule has 0 saturated carbocycles. The Kier molecular flexibility index (Phi) is 8.53. The standard InChI is InChI=1S/C31H31N5O3S/c1-22-28-8-3-4-9-29(28)35(30(22)19-26(37)13-10-23-11-14-27(38-2)15-12-23)16-17-39-21-32-24-6-5-7-25(18-24)36-20-33-34-31(36)40/h3-15,18,20,32H,16-17,19,21H2,1-2H3,(H,34,40)/b13-10+. The molecule has 9 heteroatoms. The molecule has 0 bridgehead atoms. The minimum atomic E-state index is 0.0446. The predicted molar refractivity (Wildman–Crippen MR) is 161 cm³/mol.